The maximum atomic E-state index is 8.95. The monoisotopic (exact) mass is 294 g/mol. The fraction of sp³-hybridized carbons (Fsp3) is 0.190. The number of hydrogen-bond donors (Lipinski definition) is 0. The van der Waals surface area contributed by atoms with Gasteiger partial charge in [-0.3, -0.25) is 4.98 Å². The van der Waals surface area contributed by atoms with Gasteiger partial charge in [-0.2, -0.15) is 0 Å². The molecule has 0 aliphatic carbocycles. The molecule has 0 saturated carbocycles. The molecular weight excluding hydrogens is 266 g/mol. The van der Waals surface area contributed by atoms with Crippen molar-refractivity contribution in [3.05, 3.63) is 89.1 Å². The molecule has 0 bridgehead atoms. The quantitative estimate of drug-likeness (QED) is 0.620. The van der Waals surface area contributed by atoms with Gasteiger partial charge in [0.15, 0.2) is 0 Å². The Morgan fingerprint density at radius 2 is 1.77 bits per heavy atom. The molecule has 3 rings (SSSR count). The number of aryl methyl sites for hydroxylation is 2. The molecule has 2 aromatic carbocycles. The highest BCUT2D eigenvalue weighted by Gasteiger charge is 2.12. The normalized spacial score (nSPS) is 19.4. The van der Waals surface area contributed by atoms with Gasteiger partial charge in [-0.15, -0.1) is 0 Å². The molecule has 0 saturated heterocycles. The highest BCUT2D eigenvalue weighted by atomic mass is 14.7. The molecule has 1 heterocycles. The van der Waals surface area contributed by atoms with Crippen molar-refractivity contribution >= 4 is 0 Å². The van der Waals surface area contributed by atoms with Crippen molar-refractivity contribution in [3.8, 4) is 11.3 Å². The van der Waals surface area contributed by atoms with Gasteiger partial charge in [0.2, 0.25) is 0 Å². The van der Waals surface area contributed by atoms with Crippen molar-refractivity contribution in [3.63, 3.8) is 0 Å². The molecule has 0 aliphatic rings. The highest BCUT2D eigenvalue weighted by molar-refractivity contribution is 5.61. The maximum Gasteiger partial charge on any atom is 0.0705 e. The first-order valence-electron chi connectivity index (χ1n) is 10.6. The van der Waals surface area contributed by atoms with Crippen LogP contribution in [-0.2, 0) is 0 Å². The third-order valence-electron chi connectivity index (χ3n) is 3.70. The molecule has 0 N–H and O–H groups in total. The summed E-state index contributed by atoms with van der Waals surface area (Å²) in [5.41, 5.74) is 2.39. The van der Waals surface area contributed by atoms with E-state index in [4.69, 9.17) is 9.60 Å². The van der Waals surface area contributed by atoms with E-state index in [-0.39, 0.29) is 11.1 Å². The van der Waals surface area contributed by atoms with Gasteiger partial charge in [-0.25, -0.2) is 0 Å². The van der Waals surface area contributed by atoms with Crippen LogP contribution in [0.5, 0.6) is 0 Å². The Labute approximate surface area is 142 Å². The van der Waals surface area contributed by atoms with E-state index in [0.717, 1.165) is 0 Å². The Bertz CT molecular complexity index is 988. The molecule has 1 heteroatoms. The standard InChI is InChI=1S/C21H21N/c1-15-9-11-19(12-10-15)21-13-20(16(2)14-22-21)17(3)18-7-5-4-6-8-18/h4-14,17H,1-3H3/i1D3,2D3,17D. The van der Waals surface area contributed by atoms with Crippen molar-refractivity contribution in [2.45, 2.75) is 26.5 Å². The zero-order valence-electron chi connectivity index (χ0n) is 19.3. The van der Waals surface area contributed by atoms with Crippen LogP contribution in [0.2, 0.25) is 0 Å². The van der Waals surface area contributed by atoms with Gasteiger partial charge in [0.05, 0.1) is 5.69 Å². The Balaban J connectivity index is 2.15. The van der Waals surface area contributed by atoms with Crippen LogP contribution in [0.1, 0.15) is 44.7 Å². The minimum absolute atomic E-state index is 0.0294. The molecule has 0 spiro atoms. The number of rotatable bonds is 3. The Hall–Kier alpha value is -2.41. The Morgan fingerprint density at radius 1 is 1.00 bits per heavy atom. The van der Waals surface area contributed by atoms with E-state index in [1.54, 1.807) is 37.3 Å². The molecule has 22 heavy (non-hydrogen) atoms. The van der Waals surface area contributed by atoms with E-state index in [9.17, 15) is 0 Å². The van der Waals surface area contributed by atoms with Crippen LogP contribution in [0.25, 0.3) is 11.3 Å². The molecule has 0 aliphatic heterocycles. The maximum absolute atomic E-state index is 8.95. The van der Waals surface area contributed by atoms with Crippen molar-refractivity contribution in [2.75, 3.05) is 0 Å². The molecule has 0 radical (unpaired) electrons. The predicted octanol–water partition coefficient (Wildman–Crippen LogP) is 5.52. The summed E-state index contributed by atoms with van der Waals surface area (Å²) >= 11 is 0. The second-order valence-corrected chi connectivity index (χ2v) is 5.18. The van der Waals surface area contributed by atoms with Crippen LogP contribution in [0.4, 0.5) is 0 Å². The smallest absolute Gasteiger partial charge is 0.0705 e. The summed E-state index contributed by atoms with van der Waals surface area (Å²) < 4.78 is 55.0. The Morgan fingerprint density at radius 3 is 2.45 bits per heavy atom. The summed E-state index contributed by atoms with van der Waals surface area (Å²) in [6.45, 7) is -2.95. The zero-order chi connectivity index (χ0) is 21.4. The van der Waals surface area contributed by atoms with E-state index < -0.39 is 19.6 Å². The molecule has 1 nitrogen and oxygen atoms in total. The predicted molar refractivity (Wildman–Crippen MR) is 93.1 cm³/mol. The zero-order valence-corrected chi connectivity index (χ0v) is 12.3. The molecule has 1 atom stereocenters. The van der Waals surface area contributed by atoms with Gasteiger partial charge in [-0.05, 0) is 36.5 Å². The molecule has 0 fully saturated rings. The van der Waals surface area contributed by atoms with Crippen LogP contribution < -0.4 is 0 Å². The van der Waals surface area contributed by atoms with Crippen molar-refractivity contribution < 1.29 is 9.60 Å². The van der Waals surface area contributed by atoms with E-state index in [2.05, 4.69) is 4.98 Å². The number of benzene rings is 2. The summed E-state index contributed by atoms with van der Waals surface area (Å²) in [7, 11) is 0. The van der Waals surface area contributed by atoms with Gasteiger partial charge < -0.3 is 0 Å². The average Bonchev–Trinajstić information content (AvgIpc) is 2.67. The fourth-order valence-corrected chi connectivity index (χ4v) is 2.41. The molecule has 1 unspecified atom stereocenters. The highest BCUT2D eigenvalue weighted by Crippen LogP contribution is 2.29. The van der Waals surface area contributed by atoms with Crippen LogP contribution in [0, 0.1) is 13.7 Å². The first-order chi connectivity index (χ1) is 13.4. The minimum Gasteiger partial charge on any atom is -0.256 e. The second-order valence-electron chi connectivity index (χ2n) is 5.18. The third-order valence-corrected chi connectivity index (χ3v) is 3.70. The average molecular weight is 294 g/mol. The second kappa shape index (κ2) is 6.15. The van der Waals surface area contributed by atoms with Crippen LogP contribution in [0.15, 0.2) is 66.9 Å². The SMILES string of the molecule is [2H]C([2H])([2H])c1ccc(-c2cc(C([2H])(C)c3ccccc3)c(C([2H])([2H])[2H])cn2)cc1. The van der Waals surface area contributed by atoms with E-state index in [1.165, 1.54) is 18.3 Å². The summed E-state index contributed by atoms with van der Waals surface area (Å²) in [5, 5.41) is 0. The summed E-state index contributed by atoms with van der Waals surface area (Å²) in [4.78, 5) is 4.29. The first-order valence-corrected chi connectivity index (χ1v) is 7.08. The van der Waals surface area contributed by atoms with Gasteiger partial charge in [0, 0.05) is 27.2 Å². The lowest BCUT2D eigenvalue weighted by molar-refractivity contribution is 0.904. The number of aromatic nitrogens is 1. The van der Waals surface area contributed by atoms with E-state index in [1.807, 2.05) is 18.2 Å². The summed E-state index contributed by atoms with van der Waals surface area (Å²) in [6, 6.07) is 17.0. The van der Waals surface area contributed by atoms with Gasteiger partial charge in [-0.1, -0.05) is 67.1 Å². The minimum atomic E-state index is -2.41. The van der Waals surface area contributed by atoms with Crippen molar-refractivity contribution in [1.29, 1.82) is 0 Å². The molecule has 0 amide bonds. The number of pyridine rings is 1. The first kappa shape index (κ1) is 8.28. The van der Waals surface area contributed by atoms with Gasteiger partial charge >= 0.3 is 0 Å². The summed E-state index contributed by atoms with van der Waals surface area (Å²) in [6.07, 6.45) is 1.30. The third kappa shape index (κ3) is 2.94. The number of hydrogen-bond acceptors (Lipinski definition) is 1. The van der Waals surface area contributed by atoms with E-state index >= 15 is 0 Å². The van der Waals surface area contributed by atoms with E-state index in [0.29, 0.717) is 22.4 Å². The molecule has 110 valence electrons. The largest absolute Gasteiger partial charge is 0.256 e. The molecule has 3 aromatic rings. The van der Waals surface area contributed by atoms with Crippen LogP contribution in [0.3, 0.4) is 0 Å². The number of nitrogens with zero attached hydrogens (tertiary/aromatic N) is 1. The summed E-state index contributed by atoms with van der Waals surface area (Å²) in [5.74, 6) is -1.30. The van der Waals surface area contributed by atoms with Crippen molar-refractivity contribution in [2.24, 2.45) is 0 Å². The van der Waals surface area contributed by atoms with Crippen LogP contribution in [-0.4, -0.2) is 4.98 Å². The molecular formula is C21H21N. The lowest BCUT2D eigenvalue weighted by Gasteiger charge is -2.16. The fourth-order valence-electron chi connectivity index (χ4n) is 2.41. The molecule has 1 aromatic heterocycles. The lowest BCUT2D eigenvalue weighted by Crippen LogP contribution is -2.00. The topological polar surface area (TPSA) is 12.9 Å². The lowest BCUT2D eigenvalue weighted by atomic mass is 9.90. The van der Waals surface area contributed by atoms with Crippen LogP contribution >= 0.6 is 0 Å². The van der Waals surface area contributed by atoms with Crippen molar-refractivity contribution in [1.82, 2.24) is 4.98 Å². The Kier molecular flexibility index (Phi) is 2.31. The van der Waals surface area contributed by atoms with Gasteiger partial charge in [0.25, 0.3) is 0 Å². The van der Waals surface area contributed by atoms with Gasteiger partial charge in [0.1, 0.15) is 0 Å².